The summed E-state index contributed by atoms with van der Waals surface area (Å²) in [5.41, 5.74) is 0. The Balaban J connectivity index is 3.46. The van der Waals surface area contributed by atoms with Crippen LogP contribution in [0.3, 0.4) is 0 Å². The second-order valence-corrected chi connectivity index (χ2v) is 9.06. The number of carbonyl (C=O) groups is 6. The van der Waals surface area contributed by atoms with Crippen molar-refractivity contribution >= 4 is 35.8 Å². The standard InChI is InChI=1S/C27H40O13/c1-5-9-20(30)35-15-17-25(38-22(32)10-6-2)27(40-24(34)12-8-4)26(39-23(33)11-7-3)18(37-17)16-36-21(31)14-13-19(28)29/h13-14,17-18,25-27H,5-12,15-16H2,1-4H3,(H,28,29)/b14-13+/t17-,18-,25-,26+,27+/m1/s1. The molecule has 0 bridgehead atoms. The van der Waals surface area contributed by atoms with Gasteiger partial charge >= 0.3 is 35.8 Å². The zero-order valence-electron chi connectivity index (χ0n) is 23.5. The number of rotatable bonds is 17. The van der Waals surface area contributed by atoms with E-state index in [9.17, 15) is 28.8 Å². The Kier molecular flexibility index (Phi) is 16.2. The van der Waals surface area contributed by atoms with Gasteiger partial charge in [-0.05, 0) is 25.7 Å². The normalized spacial score (nSPS) is 22.2. The highest BCUT2D eigenvalue weighted by Gasteiger charge is 2.53. The average Bonchev–Trinajstić information content (AvgIpc) is 2.88. The lowest BCUT2D eigenvalue weighted by Gasteiger charge is -2.44. The van der Waals surface area contributed by atoms with E-state index in [1.165, 1.54) is 0 Å². The number of hydrogen-bond donors (Lipinski definition) is 1. The first-order valence-corrected chi connectivity index (χ1v) is 13.5. The SMILES string of the molecule is CCCC(=O)OC[C@H]1O[C@H](COC(=O)/C=C/C(=O)O)[C@H](OC(=O)CCC)[C@@H](OC(=O)CCC)[C@@H]1OC(=O)CCC. The van der Waals surface area contributed by atoms with Gasteiger partial charge in [0.05, 0.1) is 0 Å². The Morgan fingerprint density at radius 2 is 1.00 bits per heavy atom. The number of carboxylic acids is 1. The van der Waals surface area contributed by atoms with Crippen molar-refractivity contribution in [1.82, 2.24) is 0 Å². The third-order valence-corrected chi connectivity index (χ3v) is 5.51. The lowest BCUT2D eigenvalue weighted by atomic mass is 9.94. The van der Waals surface area contributed by atoms with E-state index in [0.717, 1.165) is 0 Å². The molecule has 0 aliphatic carbocycles. The van der Waals surface area contributed by atoms with Gasteiger partial charge in [0, 0.05) is 37.8 Å². The summed E-state index contributed by atoms with van der Waals surface area (Å²) in [6.45, 7) is 6.11. The zero-order valence-corrected chi connectivity index (χ0v) is 23.5. The van der Waals surface area contributed by atoms with Crippen molar-refractivity contribution in [3.8, 4) is 0 Å². The lowest BCUT2D eigenvalue weighted by molar-refractivity contribution is -0.259. The number of hydrogen-bond acceptors (Lipinski definition) is 12. The molecule has 13 heteroatoms. The van der Waals surface area contributed by atoms with E-state index in [4.69, 9.17) is 33.5 Å². The molecule has 0 aromatic heterocycles. The van der Waals surface area contributed by atoms with Crippen LogP contribution >= 0.6 is 0 Å². The highest BCUT2D eigenvalue weighted by Crippen LogP contribution is 2.30. The summed E-state index contributed by atoms with van der Waals surface area (Å²) in [6, 6.07) is 0. The summed E-state index contributed by atoms with van der Waals surface area (Å²) in [4.78, 5) is 72.6. The van der Waals surface area contributed by atoms with Crippen molar-refractivity contribution < 1.29 is 62.3 Å². The van der Waals surface area contributed by atoms with Gasteiger partial charge in [-0.25, -0.2) is 9.59 Å². The molecular weight excluding hydrogens is 532 g/mol. The molecule has 5 atom stereocenters. The van der Waals surface area contributed by atoms with Gasteiger partial charge in [0.15, 0.2) is 18.3 Å². The topological polar surface area (TPSA) is 178 Å². The molecule has 13 nitrogen and oxygen atoms in total. The van der Waals surface area contributed by atoms with E-state index in [1.807, 2.05) is 0 Å². The van der Waals surface area contributed by atoms with Gasteiger partial charge in [-0.15, -0.1) is 0 Å². The maximum absolute atomic E-state index is 12.6. The predicted molar refractivity (Wildman–Crippen MR) is 137 cm³/mol. The first-order valence-electron chi connectivity index (χ1n) is 13.5. The second kappa shape index (κ2) is 18.7. The molecule has 1 N–H and O–H groups in total. The van der Waals surface area contributed by atoms with E-state index >= 15 is 0 Å². The monoisotopic (exact) mass is 572 g/mol. The molecule has 0 aromatic carbocycles. The molecule has 1 heterocycles. The fraction of sp³-hybridized carbons (Fsp3) is 0.704. The summed E-state index contributed by atoms with van der Waals surface area (Å²) in [7, 11) is 0. The van der Waals surface area contributed by atoms with Crippen molar-refractivity contribution in [3.63, 3.8) is 0 Å². The van der Waals surface area contributed by atoms with Crippen molar-refractivity contribution in [3.05, 3.63) is 12.2 Å². The molecule has 0 radical (unpaired) electrons. The summed E-state index contributed by atoms with van der Waals surface area (Å²) in [5, 5.41) is 8.74. The molecule has 1 fully saturated rings. The van der Waals surface area contributed by atoms with Crippen LogP contribution in [0.1, 0.15) is 79.1 Å². The van der Waals surface area contributed by atoms with Crippen molar-refractivity contribution in [2.45, 2.75) is 110 Å². The molecule has 40 heavy (non-hydrogen) atoms. The van der Waals surface area contributed by atoms with Gasteiger partial charge in [0.1, 0.15) is 25.4 Å². The molecular formula is C27H40O13. The van der Waals surface area contributed by atoms with E-state index in [-0.39, 0.29) is 25.7 Å². The second-order valence-electron chi connectivity index (χ2n) is 9.06. The lowest BCUT2D eigenvalue weighted by Crippen LogP contribution is -2.63. The summed E-state index contributed by atoms with van der Waals surface area (Å²) in [5.74, 6) is -4.90. The van der Waals surface area contributed by atoms with Gasteiger partial charge in [0.25, 0.3) is 0 Å². The Morgan fingerprint density at radius 3 is 1.43 bits per heavy atom. The third kappa shape index (κ3) is 12.6. The van der Waals surface area contributed by atoms with E-state index in [2.05, 4.69) is 0 Å². The number of esters is 5. The largest absolute Gasteiger partial charge is 0.478 e. The number of aliphatic carboxylic acids is 1. The van der Waals surface area contributed by atoms with Gasteiger partial charge in [-0.2, -0.15) is 0 Å². The summed E-state index contributed by atoms with van der Waals surface area (Å²) in [6.07, 6.45) is -3.21. The first-order chi connectivity index (χ1) is 19.1. The smallest absolute Gasteiger partial charge is 0.331 e. The molecule has 0 saturated carbocycles. The highest BCUT2D eigenvalue weighted by atomic mass is 16.7. The maximum atomic E-state index is 12.6. The third-order valence-electron chi connectivity index (χ3n) is 5.51. The Labute approximate surface area is 233 Å². The Morgan fingerprint density at radius 1 is 0.600 bits per heavy atom. The van der Waals surface area contributed by atoms with Crippen LogP contribution in [-0.2, 0) is 57.2 Å². The molecule has 226 valence electrons. The van der Waals surface area contributed by atoms with Crippen LogP contribution in [-0.4, -0.2) is 84.7 Å². The Hall–Kier alpha value is -3.48. The summed E-state index contributed by atoms with van der Waals surface area (Å²) >= 11 is 0. The molecule has 0 unspecified atom stereocenters. The number of carboxylic acid groups (broad SMARTS) is 1. The minimum atomic E-state index is -1.39. The van der Waals surface area contributed by atoms with E-state index in [1.54, 1.807) is 27.7 Å². The van der Waals surface area contributed by atoms with Crippen molar-refractivity contribution in [2.24, 2.45) is 0 Å². The van der Waals surface area contributed by atoms with E-state index in [0.29, 0.717) is 37.8 Å². The van der Waals surface area contributed by atoms with Gasteiger partial charge in [-0.3, -0.25) is 19.2 Å². The van der Waals surface area contributed by atoms with Crippen LogP contribution in [0.4, 0.5) is 0 Å². The molecule has 1 rings (SSSR count). The molecule has 0 aromatic rings. The van der Waals surface area contributed by atoms with Crippen molar-refractivity contribution in [2.75, 3.05) is 13.2 Å². The Bertz CT molecular complexity index is 897. The molecule has 1 aliphatic heterocycles. The van der Waals surface area contributed by atoms with Crippen LogP contribution in [0.15, 0.2) is 12.2 Å². The fourth-order valence-corrected chi connectivity index (χ4v) is 3.73. The minimum Gasteiger partial charge on any atom is -0.478 e. The molecule has 1 aliphatic rings. The van der Waals surface area contributed by atoms with Crippen LogP contribution < -0.4 is 0 Å². The van der Waals surface area contributed by atoms with Crippen LogP contribution in [0.5, 0.6) is 0 Å². The number of ether oxygens (including phenoxy) is 6. The number of carbonyl (C=O) groups excluding carboxylic acids is 5. The summed E-state index contributed by atoms with van der Waals surface area (Å²) < 4.78 is 33.3. The van der Waals surface area contributed by atoms with E-state index < -0.39 is 79.5 Å². The molecule has 0 amide bonds. The molecule has 0 spiro atoms. The van der Waals surface area contributed by atoms with Crippen LogP contribution in [0.25, 0.3) is 0 Å². The quantitative estimate of drug-likeness (QED) is 0.153. The van der Waals surface area contributed by atoms with Crippen LogP contribution in [0, 0.1) is 0 Å². The molecule has 1 saturated heterocycles. The maximum Gasteiger partial charge on any atom is 0.331 e. The van der Waals surface area contributed by atoms with Gasteiger partial charge in [0.2, 0.25) is 0 Å². The minimum absolute atomic E-state index is 0.0122. The van der Waals surface area contributed by atoms with Crippen LogP contribution in [0.2, 0.25) is 0 Å². The first kappa shape index (κ1) is 34.5. The van der Waals surface area contributed by atoms with Crippen molar-refractivity contribution in [1.29, 1.82) is 0 Å². The van der Waals surface area contributed by atoms with Gasteiger partial charge < -0.3 is 33.5 Å². The van der Waals surface area contributed by atoms with Gasteiger partial charge in [-0.1, -0.05) is 27.7 Å². The predicted octanol–water partition coefficient (Wildman–Crippen LogP) is 2.42. The average molecular weight is 573 g/mol. The zero-order chi connectivity index (χ0) is 30.1. The highest BCUT2D eigenvalue weighted by molar-refractivity contribution is 5.90. The fourth-order valence-electron chi connectivity index (χ4n) is 3.73.